The van der Waals surface area contributed by atoms with E-state index >= 15 is 0 Å². The number of nitrogens with one attached hydrogen (secondary N) is 4. The standard InChI is InChI=1S/C22H24N4O6/c27-21(23-15-5-9-17(10-6-15)25(29)30)19-13-1-2-14(4-3-13)20(19)22(28)24-16-7-11-18(12-8-16)26(31)32/h1-2,5-14,19-20,25-26,29,31H,3-4H2,(H,23,27)(H,24,28). The topological polar surface area (TPSA) is 154 Å². The molecule has 2 amide bonds. The van der Waals surface area contributed by atoms with E-state index in [4.69, 9.17) is 10.4 Å². The molecule has 5 rings (SSSR count). The fraction of sp³-hybridized carbons (Fsp3) is 0.273. The van der Waals surface area contributed by atoms with Crippen LogP contribution in [0.15, 0.2) is 60.7 Å². The summed E-state index contributed by atoms with van der Waals surface area (Å²) in [5.41, 5.74) is 1.17. The summed E-state index contributed by atoms with van der Waals surface area (Å²) >= 11 is 0. The van der Waals surface area contributed by atoms with Gasteiger partial charge in [-0.15, -0.1) is 0 Å². The van der Waals surface area contributed by atoms with Crippen LogP contribution in [0.25, 0.3) is 0 Å². The Hall–Kier alpha value is -3.12. The lowest BCUT2D eigenvalue weighted by atomic mass is 9.61. The van der Waals surface area contributed by atoms with E-state index in [-0.39, 0.29) is 35.0 Å². The minimum atomic E-state index is -1.05. The predicted molar refractivity (Wildman–Crippen MR) is 114 cm³/mol. The molecule has 6 unspecified atom stereocenters. The van der Waals surface area contributed by atoms with Crippen LogP contribution in [0.1, 0.15) is 12.8 Å². The highest BCUT2D eigenvalue weighted by Crippen LogP contribution is 2.45. The first-order valence-electron chi connectivity index (χ1n) is 10.3. The van der Waals surface area contributed by atoms with Crippen molar-refractivity contribution in [3.05, 3.63) is 71.1 Å². The Morgan fingerprint density at radius 1 is 0.719 bits per heavy atom. The summed E-state index contributed by atoms with van der Waals surface area (Å²) in [5, 5.41) is 43.6. The molecule has 1 fully saturated rings. The largest absolute Gasteiger partial charge is 0.595 e. The van der Waals surface area contributed by atoms with Crippen LogP contribution >= 0.6 is 0 Å². The lowest BCUT2D eigenvalue weighted by molar-refractivity contribution is -0.991. The van der Waals surface area contributed by atoms with Gasteiger partial charge in [-0.2, -0.15) is 10.5 Å². The molecule has 10 nitrogen and oxygen atoms in total. The Kier molecular flexibility index (Phi) is 6.33. The van der Waals surface area contributed by atoms with Gasteiger partial charge in [-0.25, -0.2) is 10.4 Å². The highest BCUT2D eigenvalue weighted by molar-refractivity contribution is 6.00. The van der Waals surface area contributed by atoms with Crippen molar-refractivity contribution in [3.63, 3.8) is 0 Å². The predicted octanol–water partition coefficient (Wildman–Crippen LogP) is 0.899. The van der Waals surface area contributed by atoms with Crippen molar-refractivity contribution in [2.24, 2.45) is 23.7 Å². The smallest absolute Gasteiger partial charge is 0.228 e. The number of rotatable bonds is 6. The summed E-state index contributed by atoms with van der Waals surface area (Å²) in [5.74, 6) is -1.82. The van der Waals surface area contributed by atoms with Gasteiger partial charge in [0.15, 0.2) is 11.4 Å². The Morgan fingerprint density at radius 3 is 1.34 bits per heavy atom. The number of hydrogen-bond acceptors (Lipinski definition) is 6. The van der Waals surface area contributed by atoms with Gasteiger partial charge < -0.3 is 21.0 Å². The second-order valence-corrected chi connectivity index (χ2v) is 8.09. The fourth-order valence-electron chi connectivity index (χ4n) is 4.55. The molecule has 0 aromatic heterocycles. The summed E-state index contributed by atoms with van der Waals surface area (Å²) in [6.45, 7) is 0. The van der Waals surface area contributed by atoms with Crippen molar-refractivity contribution in [2.75, 3.05) is 10.6 Å². The Bertz CT molecular complexity index is 925. The molecule has 32 heavy (non-hydrogen) atoms. The number of benzene rings is 2. The summed E-state index contributed by atoms with van der Waals surface area (Å²) in [4.78, 5) is 26.3. The minimum Gasteiger partial charge on any atom is -0.595 e. The highest BCUT2D eigenvalue weighted by Gasteiger charge is 2.48. The molecule has 6 N–H and O–H groups in total. The quantitative estimate of drug-likeness (QED) is 0.290. The average Bonchev–Trinajstić information content (AvgIpc) is 2.79. The van der Waals surface area contributed by atoms with Crippen LogP contribution in [0.2, 0.25) is 0 Å². The second kappa shape index (κ2) is 9.17. The van der Waals surface area contributed by atoms with Crippen molar-refractivity contribution in [2.45, 2.75) is 12.8 Å². The first-order chi connectivity index (χ1) is 15.3. The molecular formula is C22H24N4O6. The van der Waals surface area contributed by atoms with Crippen molar-refractivity contribution in [1.82, 2.24) is 0 Å². The number of carbonyl (C=O) groups is 2. The number of allylic oxidation sites excluding steroid dienone is 2. The number of hydrogen-bond donors (Lipinski definition) is 6. The van der Waals surface area contributed by atoms with E-state index in [2.05, 4.69) is 10.6 Å². The molecule has 0 aliphatic heterocycles. The lowest BCUT2D eigenvalue weighted by Crippen LogP contribution is -2.99. The molecule has 3 aliphatic carbocycles. The molecule has 1 saturated carbocycles. The van der Waals surface area contributed by atoms with Crippen LogP contribution in [0.5, 0.6) is 0 Å². The molecular weight excluding hydrogens is 416 g/mol. The van der Waals surface area contributed by atoms with Gasteiger partial charge in [0.25, 0.3) is 0 Å². The van der Waals surface area contributed by atoms with Crippen molar-refractivity contribution >= 4 is 34.6 Å². The van der Waals surface area contributed by atoms with Crippen molar-refractivity contribution in [3.8, 4) is 0 Å². The number of amides is 2. The van der Waals surface area contributed by atoms with E-state index < -0.39 is 22.3 Å². The summed E-state index contributed by atoms with van der Waals surface area (Å²) in [6, 6.07) is 11.8. The third kappa shape index (κ3) is 4.55. The summed E-state index contributed by atoms with van der Waals surface area (Å²) in [7, 11) is 0. The highest BCUT2D eigenvalue weighted by atomic mass is 16.8. The zero-order valence-electron chi connectivity index (χ0n) is 17.0. The van der Waals surface area contributed by atoms with Gasteiger partial charge in [0.05, 0.1) is 11.8 Å². The van der Waals surface area contributed by atoms with E-state index in [0.717, 1.165) is 12.8 Å². The minimum absolute atomic E-state index is 0.0663. The summed E-state index contributed by atoms with van der Waals surface area (Å²) < 4.78 is 0. The lowest BCUT2D eigenvalue weighted by Gasteiger charge is -2.43. The Morgan fingerprint density at radius 2 is 1.06 bits per heavy atom. The second-order valence-electron chi connectivity index (χ2n) is 8.09. The molecule has 3 aliphatic rings. The van der Waals surface area contributed by atoms with Crippen LogP contribution in [0.4, 0.5) is 22.7 Å². The number of carbonyl (C=O) groups excluding carboxylic acids is 2. The van der Waals surface area contributed by atoms with Crippen LogP contribution in [-0.4, -0.2) is 22.2 Å². The number of quaternary nitrogens is 2. The van der Waals surface area contributed by atoms with Gasteiger partial charge in [-0.3, -0.25) is 9.59 Å². The number of fused-ring (bicyclic) bond motifs is 2. The van der Waals surface area contributed by atoms with Gasteiger partial charge in [0.1, 0.15) is 0 Å². The average molecular weight is 440 g/mol. The van der Waals surface area contributed by atoms with Gasteiger partial charge >= 0.3 is 0 Å². The van der Waals surface area contributed by atoms with Crippen LogP contribution < -0.4 is 21.1 Å². The zero-order chi connectivity index (χ0) is 22.8. The SMILES string of the molecule is O=C(Nc1ccc([NH+]([O-])O)cc1)C1C2C=CC(CC2)C1C(=O)Nc1ccc([NH+]([O-])O)cc1. The molecule has 0 spiro atoms. The molecule has 2 bridgehead atoms. The van der Waals surface area contributed by atoms with E-state index in [9.17, 15) is 20.0 Å². The Balaban J connectivity index is 1.50. The third-order valence-corrected chi connectivity index (χ3v) is 6.15. The van der Waals surface area contributed by atoms with E-state index in [1.807, 2.05) is 12.2 Å². The van der Waals surface area contributed by atoms with Gasteiger partial charge in [-0.05, 0) is 48.9 Å². The Labute approximate surface area is 183 Å². The molecule has 0 radical (unpaired) electrons. The maximum atomic E-state index is 13.2. The van der Waals surface area contributed by atoms with Crippen LogP contribution in [-0.2, 0) is 9.59 Å². The molecule has 2 aromatic carbocycles. The molecule has 6 atom stereocenters. The third-order valence-electron chi connectivity index (χ3n) is 6.15. The number of anilines is 2. The normalized spacial score (nSPS) is 25.8. The maximum absolute atomic E-state index is 13.2. The first-order valence-corrected chi connectivity index (χ1v) is 10.3. The van der Waals surface area contributed by atoms with Gasteiger partial charge in [0, 0.05) is 35.6 Å². The fourth-order valence-corrected chi connectivity index (χ4v) is 4.55. The van der Waals surface area contributed by atoms with Crippen LogP contribution in [0.3, 0.4) is 0 Å². The molecule has 168 valence electrons. The van der Waals surface area contributed by atoms with Crippen LogP contribution in [0, 0.1) is 34.1 Å². The van der Waals surface area contributed by atoms with Gasteiger partial charge in [0.2, 0.25) is 11.8 Å². The molecule has 0 heterocycles. The first kappa shape index (κ1) is 22.1. The van der Waals surface area contributed by atoms with Crippen molar-refractivity contribution in [1.29, 1.82) is 0 Å². The maximum Gasteiger partial charge on any atom is 0.228 e. The van der Waals surface area contributed by atoms with Crippen molar-refractivity contribution < 1.29 is 30.5 Å². The molecule has 10 heteroatoms. The molecule has 2 aromatic rings. The summed E-state index contributed by atoms with van der Waals surface area (Å²) in [6.07, 6.45) is 5.62. The van der Waals surface area contributed by atoms with E-state index in [1.54, 1.807) is 0 Å². The van der Waals surface area contributed by atoms with E-state index in [0.29, 0.717) is 11.4 Å². The zero-order valence-corrected chi connectivity index (χ0v) is 17.0. The van der Waals surface area contributed by atoms with Gasteiger partial charge in [-0.1, -0.05) is 12.2 Å². The molecule has 0 saturated heterocycles. The monoisotopic (exact) mass is 440 g/mol. The van der Waals surface area contributed by atoms with E-state index in [1.165, 1.54) is 48.5 Å².